The topological polar surface area (TPSA) is 29.9 Å². The van der Waals surface area contributed by atoms with Crippen LogP contribution in [0.5, 0.6) is 0 Å². The predicted octanol–water partition coefficient (Wildman–Crippen LogP) is 3.97. The van der Waals surface area contributed by atoms with E-state index in [0.717, 1.165) is 6.54 Å². The van der Waals surface area contributed by atoms with Gasteiger partial charge >= 0.3 is 0 Å². The molecule has 1 aromatic heterocycles. The van der Waals surface area contributed by atoms with Crippen LogP contribution in [0.25, 0.3) is 0 Å². The van der Waals surface area contributed by atoms with Crippen LogP contribution in [0, 0.1) is 13.8 Å². The van der Waals surface area contributed by atoms with Crippen LogP contribution in [0.4, 0.5) is 0 Å². The zero-order chi connectivity index (χ0) is 14.5. The molecule has 112 valence electrons. The maximum atomic E-state index is 4.60. The van der Waals surface area contributed by atoms with E-state index < -0.39 is 0 Å². The summed E-state index contributed by atoms with van der Waals surface area (Å²) in [6.45, 7) is 7.51. The third-order valence-electron chi connectivity index (χ3n) is 4.46. The predicted molar refractivity (Wildman–Crippen MR) is 84.9 cm³/mol. The van der Waals surface area contributed by atoms with Crippen LogP contribution in [-0.2, 0) is 7.05 Å². The fourth-order valence-electron chi connectivity index (χ4n) is 3.31. The molecule has 1 aromatic rings. The molecule has 1 unspecified atom stereocenters. The number of aryl methyl sites for hydroxylation is 2. The van der Waals surface area contributed by atoms with Crippen molar-refractivity contribution in [2.24, 2.45) is 7.05 Å². The van der Waals surface area contributed by atoms with Crippen LogP contribution in [0.3, 0.4) is 0 Å². The number of rotatable bonds is 4. The molecular formula is C17H29N3. The molecule has 20 heavy (non-hydrogen) atoms. The van der Waals surface area contributed by atoms with Gasteiger partial charge in [0.05, 0.1) is 11.7 Å². The molecule has 1 aliphatic rings. The lowest BCUT2D eigenvalue weighted by atomic mass is 9.90. The Morgan fingerprint density at radius 1 is 1.25 bits per heavy atom. The molecule has 0 bridgehead atoms. The molecule has 3 heteroatoms. The Morgan fingerprint density at radius 2 is 2.00 bits per heavy atom. The van der Waals surface area contributed by atoms with Crippen LogP contribution in [0.1, 0.15) is 68.4 Å². The third-order valence-corrected chi connectivity index (χ3v) is 4.46. The van der Waals surface area contributed by atoms with Crippen LogP contribution >= 0.6 is 0 Å². The second-order valence-corrected chi connectivity index (χ2v) is 5.93. The number of allylic oxidation sites excluding steroid dienone is 1. The van der Waals surface area contributed by atoms with E-state index in [9.17, 15) is 0 Å². The molecule has 0 saturated carbocycles. The molecular weight excluding hydrogens is 246 g/mol. The van der Waals surface area contributed by atoms with Gasteiger partial charge in [-0.15, -0.1) is 0 Å². The summed E-state index contributed by atoms with van der Waals surface area (Å²) in [5.41, 5.74) is 5.42. The summed E-state index contributed by atoms with van der Waals surface area (Å²) in [5, 5.41) is 8.29. The van der Waals surface area contributed by atoms with Crippen molar-refractivity contribution in [3.63, 3.8) is 0 Å². The first-order valence-corrected chi connectivity index (χ1v) is 8.07. The largest absolute Gasteiger partial charge is 0.307 e. The van der Waals surface area contributed by atoms with Gasteiger partial charge in [-0.25, -0.2) is 0 Å². The minimum Gasteiger partial charge on any atom is -0.307 e. The lowest BCUT2D eigenvalue weighted by Crippen LogP contribution is -2.24. The maximum absolute atomic E-state index is 4.60. The Bertz CT molecular complexity index is 471. The van der Waals surface area contributed by atoms with E-state index in [1.54, 1.807) is 5.57 Å². The number of nitrogens with one attached hydrogen (secondary N) is 1. The highest BCUT2D eigenvalue weighted by Gasteiger charge is 2.23. The molecule has 0 spiro atoms. The highest BCUT2D eigenvalue weighted by atomic mass is 15.3. The smallest absolute Gasteiger partial charge is 0.0647 e. The molecule has 3 nitrogen and oxygen atoms in total. The summed E-state index contributed by atoms with van der Waals surface area (Å²) in [5.74, 6) is 0. The van der Waals surface area contributed by atoms with Crippen LogP contribution in [-0.4, -0.2) is 16.3 Å². The molecule has 0 aliphatic heterocycles. The summed E-state index contributed by atoms with van der Waals surface area (Å²) < 4.78 is 2.01. The summed E-state index contributed by atoms with van der Waals surface area (Å²) in [6.07, 6.45) is 10.4. The Kier molecular flexibility index (Phi) is 5.41. The monoisotopic (exact) mass is 275 g/mol. The van der Waals surface area contributed by atoms with Gasteiger partial charge in [-0.2, -0.15) is 5.10 Å². The summed E-state index contributed by atoms with van der Waals surface area (Å²) >= 11 is 0. The molecule has 1 aliphatic carbocycles. The van der Waals surface area contributed by atoms with Crippen molar-refractivity contribution < 1.29 is 0 Å². The third kappa shape index (κ3) is 3.32. The lowest BCUT2D eigenvalue weighted by Gasteiger charge is -2.24. The minimum absolute atomic E-state index is 0.354. The van der Waals surface area contributed by atoms with E-state index in [1.807, 2.05) is 11.7 Å². The Hall–Kier alpha value is -1.09. The molecule has 1 N–H and O–H groups in total. The number of hydrogen-bond acceptors (Lipinski definition) is 2. The van der Waals surface area contributed by atoms with E-state index >= 15 is 0 Å². The summed E-state index contributed by atoms with van der Waals surface area (Å²) in [4.78, 5) is 0. The first-order chi connectivity index (χ1) is 9.65. The lowest BCUT2D eigenvalue weighted by molar-refractivity contribution is 0.550. The van der Waals surface area contributed by atoms with Crippen molar-refractivity contribution in [2.75, 3.05) is 6.54 Å². The zero-order valence-corrected chi connectivity index (χ0v) is 13.5. The van der Waals surface area contributed by atoms with Crippen LogP contribution < -0.4 is 5.32 Å². The van der Waals surface area contributed by atoms with E-state index in [2.05, 4.69) is 37.3 Å². The summed E-state index contributed by atoms with van der Waals surface area (Å²) in [6, 6.07) is 0.354. The van der Waals surface area contributed by atoms with Gasteiger partial charge in [0.25, 0.3) is 0 Å². The van der Waals surface area contributed by atoms with E-state index in [1.165, 1.54) is 55.5 Å². The first kappa shape index (κ1) is 15.3. The SMILES string of the molecule is CCNC(C1=CCCCCCC1)c1c(C)nn(C)c1C. The average Bonchev–Trinajstić information content (AvgIpc) is 2.61. The Morgan fingerprint density at radius 3 is 2.65 bits per heavy atom. The van der Waals surface area contributed by atoms with E-state index in [4.69, 9.17) is 0 Å². The second kappa shape index (κ2) is 7.07. The second-order valence-electron chi connectivity index (χ2n) is 5.93. The van der Waals surface area contributed by atoms with Crippen molar-refractivity contribution in [1.29, 1.82) is 0 Å². The van der Waals surface area contributed by atoms with Gasteiger partial charge in [0.1, 0.15) is 0 Å². The molecule has 2 rings (SSSR count). The molecule has 0 amide bonds. The highest BCUT2D eigenvalue weighted by molar-refractivity contribution is 5.35. The maximum Gasteiger partial charge on any atom is 0.0647 e. The normalized spacial score (nSPS) is 18.3. The van der Waals surface area contributed by atoms with Gasteiger partial charge in [0.2, 0.25) is 0 Å². The quantitative estimate of drug-likeness (QED) is 0.843. The Labute approximate surface area is 123 Å². The molecule has 0 fully saturated rings. The first-order valence-electron chi connectivity index (χ1n) is 8.07. The zero-order valence-electron chi connectivity index (χ0n) is 13.5. The average molecular weight is 275 g/mol. The van der Waals surface area contributed by atoms with Crippen molar-refractivity contribution >= 4 is 0 Å². The van der Waals surface area contributed by atoms with E-state index in [-0.39, 0.29) is 0 Å². The van der Waals surface area contributed by atoms with E-state index in [0.29, 0.717) is 6.04 Å². The molecule has 0 saturated heterocycles. The number of hydrogen-bond donors (Lipinski definition) is 1. The van der Waals surface area contributed by atoms with Gasteiger partial charge in [0, 0.05) is 18.3 Å². The highest BCUT2D eigenvalue weighted by Crippen LogP contribution is 2.32. The molecule has 1 atom stereocenters. The van der Waals surface area contributed by atoms with Crippen LogP contribution in [0.2, 0.25) is 0 Å². The number of nitrogens with zero attached hydrogens (tertiary/aromatic N) is 2. The van der Waals surface area contributed by atoms with Gasteiger partial charge in [-0.3, -0.25) is 4.68 Å². The standard InChI is InChI=1S/C17H29N3/c1-5-18-17(15-11-9-7-6-8-10-12-15)16-13(2)19-20(4)14(16)3/h11,17-18H,5-10,12H2,1-4H3. The number of aromatic nitrogens is 2. The van der Waals surface area contributed by atoms with Crippen molar-refractivity contribution in [2.45, 2.75) is 65.3 Å². The van der Waals surface area contributed by atoms with Crippen molar-refractivity contribution in [1.82, 2.24) is 15.1 Å². The van der Waals surface area contributed by atoms with Gasteiger partial charge in [0.15, 0.2) is 0 Å². The molecule has 0 aromatic carbocycles. The van der Waals surface area contributed by atoms with Crippen molar-refractivity contribution in [3.8, 4) is 0 Å². The van der Waals surface area contributed by atoms with Gasteiger partial charge in [-0.05, 0) is 46.1 Å². The fraction of sp³-hybridized carbons (Fsp3) is 0.706. The van der Waals surface area contributed by atoms with Gasteiger partial charge < -0.3 is 5.32 Å². The van der Waals surface area contributed by atoms with Crippen LogP contribution in [0.15, 0.2) is 11.6 Å². The Balaban J connectivity index is 2.34. The molecule has 0 radical (unpaired) electrons. The van der Waals surface area contributed by atoms with Crippen molar-refractivity contribution in [3.05, 3.63) is 28.6 Å². The fourth-order valence-corrected chi connectivity index (χ4v) is 3.31. The number of likely N-dealkylation sites (N-methyl/N-ethyl adjacent to an activating group) is 1. The molecule has 1 heterocycles. The summed E-state index contributed by atoms with van der Waals surface area (Å²) in [7, 11) is 2.04. The minimum atomic E-state index is 0.354. The van der Waals surface area contributed by atoms with Gasteiger partial charge in [-0.1, -0.05) is 31.4 Å².